The molecule has 1 aromatic rings. The minimum Gasteiger partial charge on any atom is -0.366 e. The largest absolute Gasteiger partial charge is 0.366 e. The summed E-state index contributed by atoms with van der Waals surface area (Å²) in [6, 6.07) is 9.52. The number of hydrogen-bond acceptors (Lipinski definition) is 2. The highest BCUT2D eigenvalue weighted by atomic mass is 16.1. The van der Waals surface area contributed by atoms with Crippen molar-refractivity contribution in [1.29, 1.82) is 0 Å². The molecule has 0 spiro atoms. The first-order chi connectivity index (χ1) is 7.38. The Labute approximate surface area is 89.9 Å². The molecule has 2 aliphatic heterocycles. The first kappa shape index (κ1) is 8.96. The predicted octanol–water partition coefficient (Wildman–Crippen LogP) is 2.63. The highest BCUT2D eigenvalue weighted by Gasteiger charge is 2.38. The number of benzene rings is 1. The molecule has 2 aliphatic rings. The summed E-state index contributed by atoms with van der Waals surface area (Å²) in [5.74, 6) is 0. The van der Waals surface area contributed by atoms with E-state index in [1.54, 1.807) is 0 Å². The summed E-state index contributed by atoms with van der Waals surface area (Å²) in [6.07, 6.45) is 6.29. The fourth-order valence-corrected chi connectivity index (χ4v) is 3.06. The van der Waals surface area contributed by atoms with E-state index in [0.717, 1.165) is 23.9 Å². The van der Waals surface area contributed by atoms with Gasteiger partial charge in [-0.3, -0.25) is 4.79 Å². The van der Waals surface area contributed by atoms with Crippen LogP contribution < -0.4 is 4.90 Å². The van der Waals surface area contributed by atoms with Gasteiger partial charge in [-0.1, -0.05) is 0 Å². The highest BCUT2D eigenvalue weighted by Crippen LogP contribution is 2.40. The van der Waals surface area contributed by atoms with E-state index in [1.165, 1.54) is 31.4 Å². The van der Waals surface area contributed by atoms with Crippen LogP contribution in [0.3, 0.4) is 0 Å². The summed E-state index contributed by atoms with van der Waals surface area (Å²) < 4.78 is 0. The first-order valence-electron chi connectivity index (χ1n) is 5.72. The van der Waals surface area contributed by atoms with Crippen molar-refractivity contribution in [2.24, 2.45) is 0 Å². The minimum atomic E-state index is 0.761. The van der Waals surface area contributed by atoms with Crippen LogP contribution in [-0.4, -0.2) is 18.4 Å². The van der Waals surface area contributed by atoms with E-state index < -0.39 is 0 Å². The topological polar surface area (TPSA) is 20.3 Å². The average Bonchev–Trinajstić information content (AvgIpc) is 2.89. The van der Waals surface area contributed by atoms with E-state index in [2.05, 4.69) is 17.0 Å². The zero-order valence-electron chi connectivity index (χ0n) is 8.73. The molecule has 2 bridgehead atoms. The van der Waals surface area contributed by atoms with Crippen molar-refractivity contribution in [2.45, 2.75) is 37.8 Å². The number of aldehydes is 1. The molecule has 2 nitrogen and oxygen atoms in total. The number of anilines is 1. The van der Waals surface area contributed by atoms with Gasteiger partial charge >= 0.3 is 0 Å². The zero-order valence-corrected chi connectivity index (χ0v) is 8.73. The second-order valence-electron chi connectivity index (χ2n) is 4.58. The molecule has 0 unspecified atom stereocenters. The smallest absolute Gasteiger partial charge is 0.150 e. The Balaban J connectivity index is 1.89. The van der Waals surface area contributed by atoms with E-state index in [4.69, 9.17) is 0 Å². The summed E-state index contributed by atoms with van der Waals surface area (Å²) in [5, 5.41) is 0. The van der Waals surface area contributed by atoms with Gasteiger partial charge in [0, 0.05) is 23.3 Å². The zero-order chi connectivity index (χ0) is 10.3. The van der Waals surface area contributed by atoms with Crippen molar-refractivity contribution in [3.05, 3.63) is 29.8 Å². The molecule has 3 rings (SSSR count). The molecule has 1 aromatic carbocycles. The Hall–Kier alpha value is -1.31. The molecule has 0 radical (unpaired) electrons. The Morgan fingerprint density at radius 1 is 1.00 bits per heavy atom. The van der Waals surface area contributed by atoms with Gasteiger partial charge in [0.25, 0.3) is 0 Å². The number of rotatable bonds is 2. The predicted molar refractivity (Wildman–Crippen MR) is 60.4 cm³/mol. The van der Waals surface area contributed by atoms with Crippen LogP contribution in [0, 0.1) is 0 Å². The number of fused-ring (bicyclic) bond motifs is 2. The monoisotopic (exact) mass is 201 g/mol. The number of nitrogens with zero attached hydrogens (tertiary/aromatic N) is 1. The van der Waals surface area contributed by atoms with Crippen LogP contribution in [0.25, 0.3) is 0 Å². The Morgan fingerprint density at radius 3 is 2.00 bits per heavy atom. The van der Waals surface area contributed by atoms with Crippen LogP contribution in [0.15, 0.2) is 24.3 Å². The molecule has 78 valence electrons. The van der Waals surface area contributed by atoms with Gasteiger partial charge < -0.3 is 4.90 Å². The summed E-state index contributed by atoms with van der Waals surface area (Å²) in [5.41, 5.74) is 2.07. The Bertz CT molecular complexity index is 351. The van der Waals surface area contributed by atoms with E-state index in [1.807, 2.05) is 12.1 Å². The second kappa shape index (κ2) is 3.37. The third kappa shape index (κ3) is 1.36. The maximum atomic E-state index is 10.6. The molecule has 0 saturated carbocycles. The van der Waals surface area contributed by atoms with Gasteiger partial charge in [0.2, 0.25) is 0 Å². The lowest BCUT2D eigenvalue weighted by Gasteiger charge is -2.24. The molecule has 0 N–H and O–H groups in total. The average molecular weight is 201 g/mol. The minimum absolute atomic E-state index is 0.761. The van der Waals surface area contributed by atoms with E-state index >= 15 is 0 Å². The molecule has 0 aliphatic carbocycles. The van der Waals surface area contributed by atoms with Crippen molar-refractivity contribution in [3.8, 4) is 0 Å². The van der Waals surface area contributed by atoms with Gasteiger partial charge in [0.05, 0.1) is 0 Å². The van der Waals surface area contributed by atoms with Crippen LogP contribution in [0.2, 0.25) is 0 Å². The van der Waals surface area contributed by atoms with E-state index in [-0.39, 0.29) is 0 Å². The first-order valence-corrected chi connectivity index (χ1v) is 5.72. The standard InChI is InChI=1S/C13H15NO/c15-9-10-1-3-11(4-2-10)14-12-5-6-13(14)8-7-12/h1-4,9,12-13H,5-8H2. The SMILES string of the molecule is O=Cc1ccc(N2C3CCC2CC3)cc1. The van der Waals surface area contributed by atoms with Gasteiger partial charge in [-0.2, -0.15) is 0 Å². The quantitative estimate of drug-likeness (QED) is 0.685. The lowest BCUT2D eigenvalue weighted by Crippen LogP contribution is -2.27. The molecule has 0 aromatic heterocycles. The Morgan fingerprint density at radius 2 is 1.53 bits per heavy atom. The van der Waals surface area contributed by atoms with Crippen molar-refractivity contribution < 1.29 is 4.79 Å². The maximum absolute atomic E-state index is 10.6. The number of hydrogen-bond donors (Lipinski definition) is 0. The molecule has 2 heteroatoms. The third-order valence-corrected chi connectivity index (χ3v) is 3.78. The van der Waals surface area contributed by atoms with Gasteiger partial charge in [0.1, 0.15) is 6.29 Å². The van der Waals surface area contributed by atoms with Crippen LogP contribution in [0.4, 0.5) is 5.69 Å². The molecule has 2 saturated heterocycles. The van der Waals surface area contributed by atoms with E-state index in [9.17, 15) is 4.79 Å². The van der Waals surface area contributed by atoms with Crippen molar-refractivity contribution >= 4 is 12.0 Å². The summed E-state index contributed by atoms with van der Waals surface area (Å²) in [7, 11) is 0. The molecular formula is C13H15NO. The lowest BCUT2D eigenvalue weighted by molar-refractivity contribution is 0.112. The van der Waals surface area contributed by atoms with Gasteiger partial charge in [-0.15, -0.1) is 0 Å². The van der Waals surface area contributed by atoms with Crippen LogP contribution in [-0.2, 0) is 0 Å². The molecule has 0 amide bonds. The number of carbonyl (C=O) groups excluding carboxylic acids is 1. The maximum Gasteiger partial charge on any atom is 0.150 e. The highest BCUT2D eigenvalue weighted by molar-refractivity contribution is 5.75. The molecule has 2 fully saturated rings. The van der Waals surface area contributed by atoms with Gasteiger partial charge in [0.15, 0.2) is 0 Å². The fraction of sp³-hybridized carbons (Fsp3) is 0.462. The van der Waals surface area contributed by atoms with Gasteiger partial charge in [-0.05, 0) is 49.9 Å². The third-order valence-electron chi connectivity index (χ3n) is 3.78. The van der Waals surface area contributed by atoms with Gasteiger partial charge in [-0.25, -0.2) is 0 Å². The van der Waals surface area contributed by atoms with Crippen molar-refractivity contribution in [1.82, 2.24) is 0 Å². The second-order valence-corrected chi connectivity index (χ2v) is 4.58. The molecule has 15 heavy (non-hydrogen) atoms. The van der Waals surface area contributed by atoms with Crippen molar-refractivity contribution in [2.75, 3.05) is 4.90 Å². The summed E-state index contributed by atoms with van der Waals surface area (Å²) in [4.78, 5) is 13.1. The summed E-state index contributed by atoms with van der Waals surface area (Å²) >= 11 is 0. The Kier molecular flexibility index (Phi) is 2.01. The normalized spacial score (nSPS) is 28.4. The molecule has 2 heterocycles. The van der Waals surface area contributed by atoms with E-state index in [0.29, 0.717) is 0 Å². The van der Waals surface area contributed by atoms with Crippen LogP contribution >= 0.6 is 0 Å². The van der Waals surface area contributed by atoms with Crippen molar-refractivity contribution in [3.63, 3.8) is 0 Å². The summed E-state index contributed by atoms with van der Waals surface area (Å²) in [6.45, 7) is 0. The molecular weight excluding hydrogens is 186 g/mol. The molecule has 0 atom stereocenters. The lowest BCUT2D eigenvalue weighted by atomic mass is 10.0. The van der Waals surface area contributed by atoms with Crippen LogP contribution in [0.5, 0.6) is 0 Å². The number of carbonyl (C=O) groups is 1. The van der Waals surface area contributed by atoms with Crippen LogP contribution in [0.1, 0.15) is 36.0 Å². The fourth-order valence-electron chi connectivity index (χ4n) is 3.06.